The Hall–Kier alpha value is -2.42. The quantitative estimate of drug-likeness (QED) is 0.657. The van der Waals surface area contributed by atoms with Crippen molar-refractivity contribution in [1.29, 1.82) is 0 Å². The Balaban J connectivity index is 2.41. The lowest BCUT2D eigenvalue weighted by atomic mass is 9.99. The van der Waals surface area contributed by atoms with E-state index in [9.17, 15) is 18.0 Å². The van der Waals surface area contributed by atoms with Gasteiger partial charge in [-0.3, -0.25) is 9.35 Å². The number of aliphatic carboxylic acids is 1. The number of hydrogen-bond donors (Lipinski definition) is 3. The molecule has 0 bridgehead atoms. The summed E-state index contributed by atoms with van der Waals surface area (Å²) in [5.74, 6) is -3.61. The number of rotatable bonds is 6. The van der Waals surface area contributed by atoms with Gasteiger partial charge in [-0.1, -0.05) is 54.1 Å². The molecule has 25 heavy (non-hydrogen) atoms. The molecule has 0 aromatic heterocycles. The summed E-state index contributed by atoms with van der Waals surface area (Å²) < 4.78 is 30.7. The second kappa shape index (κ2) is 7.64. The highest BCUT2D eigenvalue weighted by Gasteiger charge is 2.28. The number of carboxylic acid groups (broad SMARTS) is 1. The van der Waals surface area contributed by atoms with E-state index in [-0.39, 0.29) is 10.6 Å². The number of hydrogen-bond acceptors (Lipinski definition) is 4. The van der Waals surface area contributed by atoms with Crippen LogP contribution in [-0.2, 0) is 14.9 Å². The van der Waals surface area contributed by atoms with Gasteiger partial charge in [0.15, 0.2) is 0 Å². The first kappa shape index (κ1) is 18.9. The highest BCUT2D eigenvalue weighted by atomic mass is 35.5. The van der Waals surface area contributed by atoms with Crippen LogP contribution in [0.1, 0.15) is 10.4 Å². The molecule has 0 saturated carbocycles. The summed E-state index contributed by atoms with van der Waals surface area (Å²) in [5, 5.41) is 11.2. The van der Waals surface area contributed by atoms with Crippen LogP contribution in [0.15, 0.2) is 48.5 Å². The van der Waals surface area contributed by atoms with Crippen molar-refractivity contribution < 1.29 is 27.7 Å². The Bertz CT molecular complexity index is 898. The molecule has 0 aliphatic heterocycles. The molecule has 0 fully saturated rings. The normalized spacial score (nSPS) is 12.4. The lowest BCUT2D eigenvalue weighted by molar-refractivity contribution is -0.138. The lowest BCUT2D eigenvalue weighted by Gasteiger charge is -2.16. The van der Waals surface area contributed by atoms with Gasteiger partial charge in [-0.25, -0.2) is 4.79 Å². The van der Waals surface area contributed by atoms with Gasteiger partial charge in [0.05, 0.1) is 10.6 Å². The monoisotopic (exact) mass is 383 g/mol. The van der Waals surface area contributed by atoms with Gasteiger partial charge in [-0.15, -0.1) is 0 Å². The van der Waals surface area contributed by atoms with Gasteiger partial charge in [-0.2, -0.15) is 8.42 Å². The first-order valence-corrected chi connectivity index (χ1v) is 9.00. The minimum atomic E-state index is -4.60. The van der Waals surface area contributed by atoms with Crippen LogP contribution in [-0.4, -0.2) is 41.7 Å². The Morgan fingerprint density at radius 3 is 2.28 bits per heavy atom. The van der Waals surface area contributed by atoms with E-state index in [1.54, 1.807) is 42.5 Å². The van der Waals surface area contributed by atoms with Crippen LogP contribution in [0.4, 0.5) is 0 Å². The Labute approximate surface area is 149 Å². The number of halogens is 1. The minimum Gasteiger partial charge on any atom is -0.480 e. The average Bonchev–Trinajstić information content (AvgIpc) is 2.53. The number of carboxylic acids is 1. The molecule has 132 valence electrons. The van der Waals surface area contributed by atoms with E-state index in [2.05, 4.69) is 5.32 Å². The molecule has 3 N–H and O–H groups in total. The molecule has 0 aliphatic carbocycles. The van der Waals surface area contributed by atoms with Gasteiger partial charge in [0.2, 0.25) is 0 Å². The second-order valence-electron chi connectivity index (χ2n) is 5.14. The third-order valence-corrected chi connectivity index (χ3v) is 4.38. The van der Waals surface area contributed by atoms with Crippen LogP contribution in [0, 0.1) is 0 Å². The minimum absolute atomic E-state index is 0.0111. The fraction of sp³-hybridized carbons (Fsp3) is 0.125. The van der Waals surface area contributed by atoms with Gasteiger partial charge in [0, 0.05) is 0 Å². The number of carbonyl (C=O) groups is 2. The Morgan fingerprint density at radius 2 is 1.72 bits per heavy atom. The van der Waals surface area contributed by atoms with Gasteiger partial charge in [0.25, 0.3) is 16.0 Å². The molecule has 0 heterocycles. The summed E-state index contributed by atoms with van der Waals surface area (Å²) in [5.41, 5.74) is 1.15. The van der Waals surface area contributed by atoms with Crippen LogP contribution in [0.2, 0.25) is 5.02 Å². The molecule has 0 spiro atoms. The Kier molecular flexibility index (Phi) is 5.78. The first-order valence-electron chi connectivity index (χ1n) is 7.02. The molecule has 2 aromatic carbocycles. The molecule has 2 aromatic rings. The third kappa shape index (κ3) is 5.02. The van der Waals surface area contributed by atoms with Crippen LogP contribution >= 0.6 is 11.6 Å². The molecule has 7 nitrogen and oxygen atoms in total. The van der Waals surface area contributed by atoms with E-state index < -0.39 is 33.8 Å². The van der Waals surface area contributed by atoms with Crippen molar-refractivity contribution in [2.75, 3.05) is 5.75 Å². The molecule has 0 radical (unpaired) electrons. The van der Waals surface area contributed by atoms with Crippen molar-refractivity contribution in [1.82, 2.24) is 5.32 Å². The maximum Gasteiger partial charge on any atom is 0.327 e. The van der Waals surface area contributed by atoms with Gasteiger partial charge >= 0.3 is 5.97 Å². The van der Waals surface area contributed by atoms with Gasteiger partial charge in [-0.05, 0) is 17.2 Å². The van der Waals surface area contributed by atoms with E-state index in [4.69, 9.17) is 21.3 Å². The van der Waals surface area contributed by atoms with E-state index in [1.165, 1.54) is 6.07 Å². The highest BCUT2D eigenvalue weighted by Crippen LogP contribution is 2.29. The van der Waals surface area contributed by atoms with Gasteiger partial charge in [0.1, 0.15) is 11.8 Å². The second-order valence-corrected chi connectivity index (χ2v) is 7.05. The number of nitrogens with one attached hydrogen (secondary N) is 1. The summed E-state index contributed by atoms with van der Waals surface area (Å²) in [6.45, 7) is 0. The van der Waals surface area contributed by atoms with Crippen LogP contribution in [0.5, 0.6) is 0 Å². The molecule has 2 rings (SSSR count). The Morgan fingerprint density at radius 1 is 1.08 bits per heavy atom. The van der Waals surface area contributed by atoms with E-state index >= 15 is 0 Å². The predicted molar refractivity (Wildman–Crippen MR) is 92.2 cm³/mol. The molecule has 0 aliphatic rings. The number of benzene rings is 2. The SMILES string of the molecule is O=C(N[C@@H](CS(=O)(=O)O)C(=O)O)c1c(Cl)cccc1-c1ccccc1. The highest BCUT2D eigenvalue weighted by molar-refractivity contribution is 7.85. The first-order chi connectivity index (χ1) is 11.7. The van der Waals surface area contributed by atoms with Crippen molar-refractivity contribution in [3.8, 4) is 11.1 Å². The standard InChI is InChI=1S/C16H14ClNO6S/c17-12-8-4-7-11(10-5-2-1-3-6-10)14(12)15(19)18-13(16(20)21)9-25(22,23)24/h1-8,13H,9H2,(H,18,19)(H,20,21)(H,22,23,24)/t13-/m0/s1. The zero-order valence-corrected chi connectivity index (χ0v) is 14.3. The summed E-state index contributed by atoms with van der Waals surface area (Å²) in [7, 11) is -4.60. The van der Waals surface area contributed by atoms with Crippen LogP contribution in [0.25, 0.3) is 11.1 Å². The van der Waals surface area contributed by atoms with E-state index in [0.29, 0.717) is 11.1 Å². The van der Waals surface area contributed by atoms with E-state index in [0.717, 1.165) is 0 Å². The zero-order valence-electron chi connectivity index (χ0n) is 12.7. The molecular weight excluding hydrogens is 370 g/mol. The fourth-order valence-corrected chi connectivity index (χ4v) is 3.14. The van der Waals surface area contributed by atoms with Crippen molar-refractivity contribution >= 4 is 33.6 Å². The average molecular weight is 384 g/mol. The van der Waals surface area contributed by atoms with Crippen molar-refractivity contribution in [2.45, 2.75) is 6.04 Å². The summed E-state index contributed by atoms with van der Waals surface area (Å²) >= 11 is 6.09. The third-order valence-electron chi connectivity index (χ3n) is 3.31. The molecule has 1 amide bonds. The predicted octanol–water partition coefficient (Wildman–Crippen LogP) is 2.08. The molecule has 0 saturated heterocycles. The maximum absolute atomic E-state index is 12.5. The van der Waals surface area contributed by atoms with Gasteiger partial charge < -0.3 is 10.4 Å². The van der Waals surface area contributed by atoms with Crippen LogP contribution < -0.4 is 5.32 Å². The summed E-state index contributed by atoms with van der Waals surface area (Å²) in [6.07, 6.45) is 0. The summed E-state index contributed by atoms with van der Waals surface area (Å²) in [4.78, 5) is 23.7. The smallest absolute Gasteiger partial charge is 0.327 e. The van der Waals surface area contributed by atoms with Crippen molar-refractivity contribution in [3.05, 3.63) is 59.1 Å². The molecular formula is C16H14ClNO6S. The van der Waals surface area contributed by atoms with Crippen molar-refractivity contribution in [2.24, 2.45) is 0 Å². The number of carbonyl (C=O) groups excluding carboxylic acids is 1. The zero-order chi connectivity index (χ0) is 18.6. The molecule has 9 heteroatoms. The van der Waals surface area contributed by atoms with Crippen molar-refractivity contribution in [3.63, 3.8) is 0 Å². The molecule has 1 atom stereocenters. The molecule has 0 unspecified atom stereocenters. The number of amides is 1. The maximum atomic E-state index is 12.5. The topological polar surface area (TPSA) is 121 Å². The van der Waals surface area contributed by atoms with Crippen LogP contribution in [0.3, 0.4) is 0 Å². The fourth-order valence-electron chi connectivity index (χ4n) is 2.23. The largest absolute Gasteiger partial charge is 0.480 e. The lowest BCUT2D eigenvalue weighted by Crippen LogP contribution is -2.45. The van der Waals surface area contributed by atoms with E-state index in [1.807, 2.05) is 0 Å². The summed E-state index contributed by atoms with van der Waals surface area (Å²) in [6, 6.07) is 11.7.